The number of carbonyl (C=O) groups is 1. The molecule has 25 heavy (non-hydrogen) atoms. The van der Waals surface area contributed by atoms with Gasteiger partial charge in [0.2, 0.25) is 0 Å². The van der Waals surface area contributed by atoms with Gasteiger partial charge in [0.15, 0.2) is 0 Å². The van der Waals surface area contributed by atoms with Crippen molar-refractivity contribution < 1.29 is 15.0 Å². The summed E-state index contributed by atoms with van der Waals surface area (Å²) in [6.45, 7) is 8.35. The molecule has 0 atom stereocenters. The molecule has 0 saturated heterocycles. The molecule has 1 rings (SSSR count). The Bertz CT molecular complexity index is 466. The second kappa shape index (κ2) is 14.8. The van der Waals surface area contributed by atoms with E-state index in [0.29, 0.717) is 18.1 Å². The van der Waals surface area contributed by atoms with E-state index in [1.165, 1.54) is 44.9 Å². The molecular formula is C22H38O3. The molecular weight excluding hydrogens is 312 g/mol. The summed E-state index contributed by atoms with van der Waals surface area (Å²) in [6, 6.07) is 5.81. The smallest absolute Gasteiger partial charge is 0.303 e. The van der Waals surface area contributed by atoms with Crippen molar-refractivity contribution in [3.05, 3.63) is 29.3 Å². The van der Waals surface area contributed by atoms with E-state index in [2.05, 4.69) is 20.8 Å². The van der Waals surface area contributed by atoms with Crippen LogP contribution in [-0.4, -0.2) is 16.2 Å². The van der Waals surface area contributed by atoms with Crippen LogP contribution in [0, 0.1) is 6.92 Å². The van der Waals surface area contributed by atoms with Gasteiger partial charge in [0.1, 0.15) is 5.75 Å². The van der Waals surface area contributed by atoms with Crippen molar-refractivity contribution in [3.63, 3.8) is 0 Å². The van der Waals surface area contributed by atoms with Gasteiger partial charge in [0, 0.05) is 6.42 Å². The molecule has 0 heterocycles. The molecule has 0 spiro atoms. The Labute approximate surface area is 154 Å². The fourth-order valence-corrected chi connectivity index (χ4v) is 2.73. The number of unbranched alkanes of at least 4 members (excludes halogenated alkanes) is 8. The second-order valence-corrected chi connectivity index (χ2v) is 7.19. The number of phenols is 1. The van der Waals surface area contributed by atoms with E-state index in [1.807, 2.05) is 19.1 Å². The predicted molar refractivity (Wildman–Crippen MR) is 106 cm³/mol. The van der Waals surface area contributed by atoms with Crippen LogP contribution in [0.3, 0.4) is 0 Å². The molecule has 3 heteroatoms. The van der Waals surface area contributed by atoms with Crippen LogP contribution in [-0.2, 0) is 4.79 Å². The number of carboxylic acid groups (broad SMARTS) is 1. The summed E-state index contributed by atoms with van der Waals surface area (Å²) in [4.78, 5) is 10.2. The minimum absolute atomic E-state index is 0.343. The summed E-state index contributed by atoms with van der Waals surface area (Å²) < 4.78 is 0. The normalized spacial score (nSPS) is 10.4. The first-order valence-electron chi connectivity index (χ1n) is 9.89. The van der Waals surface area contributed by atoms with Gasteiger partial charge < -0.3 is 10.2 Å². The van der Waals surface area contributed by atoms with Crippen LogP contribution in [0.4, 0.5) is 0 Å². The fourth-order valence-electron chi connectivity index (χ4n) is 2.73. The van der Waals surface area contributed by atoms with Gasteiger partial charge in [-0.15, -0.1) is 0 Å². The molecule has 1 aromatic rings. The lowest BCUT2D eigenvalue weighted by molar-refractivity contribution is -0.137. The fraction of sp³-hybridized carbons (Fsp3) is 0.682. The third-order valence-corrected chi connectivity index (χ3v) is 4.30. The van der Waals surface area contributed by atoms with Crippen molar-refractivity contribution in [2.75, 3.05) is 0 Å². The first-order valence-corrected chi connectivity index (χ1v) is 9.89. The number of rotatable bonds is 11. The van der Waals surface area contributed by atoms with Crippen LogP contribution >= 0.6 is 0 Å². The van der Waals surface area contributed by atoms with E-state index in [-0.39, 0.29) is 0 Å². The zero-order chi connectivity index (χ0) is 19.1. The molecule has 2 N–H and O–H groups in total. The van der Waals surface area contributed by atoms with Gasteiger partial charge in [-0.1, -0.05) is 84.3 Å². The highest BCUT2D eigenvalue weighted by atomic mass is 16.4. The van der Waals surface area contributed by atoms with Gasteiger partial charge in [-0.3, -0.25) is 4.79 Å². The van der Waals surface area contributed by atoms with Crippen LogP contribution in [0.25, 0.3) is 0 Å². The standard InChI is InChI=1S/C12H24O2.C10H14O/c1-2-3-4-5-6-7-8-9-10-11-12(13)14;1-7(2)9-5-4-8(3)6-10(9)11/h2-11H2,1H3,(H,13,14);4-7,11H,1-3H3. The molecule has 0 aliphatic rings. The van der Waals surface area contributed by atoms with Crippen LogP contribution in [0.2, 0.25) is 0 Å². The summed E-state index contributed by atoms with van der Waals surface area (Å²) in [5, 5.41) is 17.9. The summed E-state index contributed by atoms with van der Waals surface area (Å²) in [5.74, 6) is 0.156. The van der Waals surface area contributed by atoms with Crippen LogP contribution in [0.1, 0.15) is 102 Å². The van der Waals surface area contributed by atoms with Gasteiger partial charge in [0.25, 0.3) is 0 Å². The molecule has 3 nitrogen and oxygen atoms in total. The lowest BCUT2D eigenvalue weighted by Crippen LogP contribution is -1.93. The molecule has 0 bridgehead atoms. The zero-order valence-corrected chi connectivity index (χ0v) is 16.7. The number of hydrogen-bond acceptors (Lipinski definition) is 2. The average molecular weight is 351 g/mol. The highest BCUT2D eigenvalue weighted by Crippen LogP contribution is 2.25. The van der Waals surface area contributed by atoms with E-state index in [9.17, 15) is 9.90 Å². The summed E-state index contributed by atoms with van der Waals surface area (Å²) in [7, 11) is 0. The molecule has 0 aromatic heterocycles. The van der Waals surface area contributed by atoms with E-state index in [1.54, 1.807) is 6.07 Å². The maximum absolute atomic E-state index is 10.2. The largest absolute Gasteiger partial charge is 0.508 e. The minimum Gasteiger partial charge on any atom is -0.508 e. The van der Waals surface area contributed by atoms with Gasteiger partial charge in [-0.25, -0.2) is 0 Å². The summed E-state index contributed by atoms with van der Waals surface area (Å²) >= 11 is 0. The number of aryl methyl sites for hydroxylation is 1. The quantitative estimate of drug-likeness (QED) is 0.431. The molecule has 0 unspecified atom stereocenters. The Balaban J connectivity index is 0.000000472. The Morgan fingerprint density at radius 2 is 1.48 bits per heavy atom. The maximum atomic E-state index is 10.2. The van der Waals surface area contributed by atoms with E-state index < -0.39 is 5.97 Å². The number of phenolic OH excluding ortho intramolecular Hbond substituents is 1. The van der Waals surface area contributed by atoms with E-state index in [0.717, 1.165) is 24.0 Å². The lowest BCUT2D eigenvalue weighted by atomic mass is 10.0. The van der Waals surface area contributed by atoms with Crippen molar-refractivity contribution in [3.8, 4) is 5.75 Å². The van der Waals surface area contributed by atoms with Crippen LogP contribution < -0.4 is 0 Å². The topological polar surface area (TPSA) is 57.5 Å². The van der Waals surface area contributed by atoms with Gasteiger partial charge in [-0.2, -0.15) is 0 Å². The van der Waals surface area contributed by atoms with Crippen LogP contribution in [0.5, 0.6) is 5.75 Å². The number of hydrogen-bond donors (Lipinski definition) is 2. The first kappa shape index (κ1) is 23.5. The highest BCUT2D eigenvalue weighted by Gasteiger charge is 2.04. The van der Waals surface area contributed by atoms with E-state index in [4.69, 9.17) is 5.11 Å². The molecule has 0 saturated carbocycles. The van der Waals surface area contributed by atoms with Crippen molar-refractivity contribution in [2.45, 2.75) is 97.8 Å². The number of benzene rings is 1. The Morgan fingerprint density at radius 3 is 1.92 bits per heavy atom. The van der Waals surface area contributed by atoms with Gasteiger partial charge >= 0.3 is 5.97 Å². The Morgan fingerprint density at radius 1 is 0.960 bits per heavy atom. The minimum atomic E-state index is -0.659. The zero-order valence-electron chi connectivity index (χ0n) is 16.7. The molecule has 0 aliphatic heterocycles. The summed E-state index contributed by atoms with van der Waals surface area (Å²) in [5.41, 5.74) is 2.13. The number of carboxylic acids is 1. The number of aromatic hydroxyl groups is 1. The predicted octanol–water partition coefficient (Wildman–Crippen LogP) is 6.82. The third-order valence-electron chi connectivity index (χ3n) is 4.30. The highest BCUT2D eigenvalue weighted by molar-refractivity contribution is 5.66. The Hall–Kier alpha value is -1.51. The molecule has 144 valence electrons. The Kier molecular flexibility index (Phi) is 13.9. The van der Waals surface area contributed by atoms with Crippen molar-refractivity contribution >= 4 is 5.97 Å². The SMILES string of the molecule is CCCCCCCCCCCC(=O)O.Cc1ccc(C(C)C)c(O)c1. The monoisotopic (exact) mass is 350 g/mol. The van der Waals surface area contributed by atoms with Crippen molar-refractivity contribution in [1.82, 2.24) is 0 Å². The van der Waals surface area contributed by atoms with Crippen molar-refractivity contribution in [1.29, 1.82) is 0 Å². The van der Waals surface area contributed by atoms with Gasteiger partial charge in [0.05, 0.1) is 0 Å². The second-order valence-electron chi connectivity index (χ2n) is 7.19. The number of aliphatic carboxylic acids is 1. The molecule has 0 aliphatic carbocycles. The molecule has 0 radical (unpaired) electrons. The first-order chi connectivity index (χ1) is 11.9. The average Bonchev–Trinajstić information content (AvgIpc) is 2.53. The molecule has 1 aromatic carbocycles. The lowest BCUT2D eigenvalue weighted by Gasteiger charge is -2.07. The molecule has 0 amide bonds. The third kappa shape index (κ3) is 13.5. The maximum Gasteiger partial charge on any atom is 0.303 e. The van der Waals surface area contributed by atoms with Crippen molar-refractivity contribution in [2.24, 2.45) is 0 Å². The summed E-state index contributed by atoms with van der Waals surface area (Å²) in [6.07, 6.45) is 11.5. The molecule has 0 fully saturated rings. The van der Waals surface area contributed by atoms with Gasteiger partial charge in [-0.05, 0) is 36.5 Å². The van der Waals surface area contributed by atoms with Crippen LogP contribution in [0.15, 0.2) is 18.2 Å². The van der Waals surface area contributed by atoms with E-state index >= 15 is 0 Å².